The minimum atomic E-state index is -0.101. The van der Waals surface area contributed by atoms with Crippen LogP contribution in [0.5, 0.6) is 5.75 Å². The third-order valence-corrected chi connectivity index (χ3v) is 3.96. The molecule has 3 heteroatoms. The number of aliphatic hydroxyl groups is 1. The normalized spacial score (nSPS) is 15.5. The highest BCUT2D eigenvalue weighted by molar-refractivity contribution is 5.50. The monoisotopic (exact) mass is 283 g/mol. The molecule has 0 radical (unpaired) electrons. The van der Waals surface area contributed by atoms with E-state index in [0.717, 1.165) is 22.9 Å². The molecule has 0 aromatic heterocycles. The quantitative estimate of drug-likeness (QED) is 0.849. The zero-order chi connectivity index (χ0) is 14.7. The van der Waals surface area contributed by atoms with Crippen molar-refractivity contribution in [1.29, 1.82) is 0 Å². The van der Waals surface area contributed by atoms with Crippen molar-refractivity contribution in [2.24, 2.45) is 0 Å². The van der Waals surface area contributed by atoms with Crippen LogP contribution in [0.25, 0.3) is 0 Å². The summed E-state index contributed by atoms with van der Waals surface area (Å²) in [6.45, 7) is 0.0608. The molecule has 1 unspecified atom stereocenters. The van der Waals surface area contributed by atoms with E-state index in [1.54, 1.807) is 7.11 Å². The van der Waals surface area contributed by atoms with Gasteiger partial charge in [0.05, 0.1) is 19.8 Å². The Morgan fingerprint density at radius 3 is 2.71 bits per heavy atom. The standard InChI is InChI=1S/C18H21NO2/c1-21-17-7-3-6-16(11-17)19-18(12-20)15-5-2-4-14(10-15)13-8-9-13/h2-7,10-11,13,18-20H,8-9,12H2,1H3. The highest BCUT2D eigenvalue weighted by Gasteiger charge is 2.24. The molecule has 0 amide bonds. The van der Waals surface area contributed by atoms with Crippen LogP contribution < -0.4 is 10.1 Å². The van der Waals surface area contributed by atoms with E-state index in [0.29, 0.717) is 0 Å². The second-order valence-electron chi connectivity index (χ2n) is 5.56. The number of nitrogens with one attached hydrogen (secondary N) is 1. The van der Waals surface area contributed by atoms with Crippen LogP contribution in [0.1, 0.15) is 35.9 Å². The zero-order valence-electron chi connectivity index (χ0n) is 12.3. The first-order chi connectivity index (χ1) is 10.3. The lowest BCUT2D eigenvalue weighted by Gasteiger charge is -2.19. The molecule has 0 spiro atoms. The van der Waals surface area contributed by atoms with Crippen LogP contribution in [0.2, 0.25) is 0 Å². The molecule has 3 nitrogen and oxygen atoms in total. The van der Waals surface area contributed by atoms with Crippen LogP contribution in [0.15, 0.2) is 48.5 Å². The number of hydrogen-bond acceptors (Lipinski definition) is 3. The molecule has 0 heterocycles. The van der Waals surface area contributed by atoms with Gasteiger partial charge in [-0.3, -0.25) is 0 Å². The Balaban J connectivity index is 1.79. The summed E-state index contributed by atoms with van der Waals surface area (Å²) < 4.78 is 5.23. The molecule has 1 saturated carbocycles. The molecule has 3 rings (SSSR count). The number of ether oxygens (including phenoxy) is 1. The Bertz CT molecular complexity index is 608. The second-order valence-corrected chi connectivity index (χ2v) is 5.56. The molecular weight excluding hydrogens is 262 g/mol. The molecule has 2 N–H and O–H groups in total. The summed E-state index contributed by atoms with van der Waals surface area (Å²) in [5.41, 5.74) is 3.47. The molecule has 110 valence electrons. The Kier molecular flexibility index (Phi) is 4.11. The highest BCUT2D eigenvalue weighted by atomic mass is 16.5. The van der Waals surface area contributed by atoms with Gasteiger partial charge in [0.1, 0.15) is 5.75 Å². The lowest BCUT2D eigenvalue weighted by molar-refractivity contribution is 0.276. The van der Waals surface area contributed by atoms with E-state index in [4.69, 9.17) is 4.74 Å². The Hall–Kier alpha value is -2.00. The average Bonchev–Trinajstić information content (AvgIpc) is 3.38. The minimum absolute atomic E-state index is 0.0608. The van der Waals surface area contributed by atoms with Gasteiger partial charge in [-0.2, -0.15) is 0 Å². The number of aliphatic hydroxyl groups excluding tert-OH is 1. The van der Waals surface area contributed by atoms with E-state index in [2.05, 4.69) is 29.6 Å². The third-order valence-electron chi connectivity index (χ3n) is 3.96. The van der Waals surface area contributed by atoms with E-state index in [1.165, 1.54) is 18.4 Å². The van der Waals surface area contributed by atoms with E-state index < -0.39 is 0 Å². The van der Waals surface area contributed by atoms with Crippen molar-refractivity contribution in [2.75, 3.05) is 19.0 Å². The van der Waals surface area contributed by atoms with Crippen molar-refractivity contribution in [1.82, 2.24) is 0 Å². The number of rotatable bonds is 6. The molecule has 0 aliphatic heterocycles. The van der Waals surface area contributed by atoms with Crippen molar-refractivity contribution >= 4 is 5.69 Å². The van der Waals surface area contributed by atoms with E-state index >= 15 is 0 Å². The van der Waals surface area contributed by atoms with Gasteiger partial charge in [-0.1, -0.05) is 30.3 Å². The smallest absolute Gasteiger partial charge is 0.120 e. The van der Waals surface area contributed by atoms with Gasteiger partial charge in [0.15, 0.2) is 0 Å². The Labute approximate surface area is 125 Å². The fourth-order valence-corrected chi connectivity index (χ4v) is 2.59. The van der Waals surface area contributed by atoms with E-state index in [-0.39, 0.29) is 12.6 Å². The molecular formula is C18H21NO2. The molecule has 1 atom stereocenters. The lowest BCUT2D eigenvalue weighted by Crippen LogP contribution is -2.15. The Morgan fingerprint density at radius 2 is 2.00 bits per heavy atom. The maximum absolute atomic E-state index is 9.72. The first-order valence-corrected chi connectivity index (χ1v) is 7.41. The number of anilines is 1. The second kappa shape index (κ2) is 6.19. The summed E-state index contributed by atoms with van der Waals surface area (Å²) in [6.07, 6.45) is 2.58. The van der Waals surface area contributed by atoms with Crippen molar-refractivity contribution in [3.8, 4) is 5.75 Å². The van der Waals surface area contributed by atoms with Gasteiger partial charge in [0.2, 0.25) is 0 Å². The van der Waals surface area contributed by atoms with Gasteiger partial charge >= 0.3 is 0 Å². The van der Waals surface area contributed by atoms with Gasteiger partial charge in [-0.25, -0.2) is 0 Å². The average molecular weight is 283 g/mol. The van der Waals surface area contributed by atoms with Crippen molar-refractivity contribution in [2.45, 2.75) is 24.8 Å². The highest BCUT2D eigenvalue weighted by Crippen LogP contribution is 2.40. The van der Waals surface area contributed by atoms with Crippen LogP contribution in [0, 0.1) is 0 Å². The third kappa shape index (κ3) is 3.37. The molecule has 1 aliphatic rings. The number of hydrogen-bond donors (Lipinski definition) is 2. The fraction of sp³-hybridized carbons (Fsp3) is 0.333. The zero-order valence-corrected chi connectivity index (χ0v) is 12.3. The minimum Gasteiger partial charge on any atom is -0.497 e. The summed E-state index contributed by atoms with van der Waals surface area (Å²) >= 11 is 0. The number of benzene rings is 2. The fourth-order valence-electron chi connectivity index (χ4n) is 2.59. The van der Waals surface area contributed by atoms with Gasteiger partial charge < -0.3 is 15.2 Å². The largest absolute Gasteiger partial charge is 0.497 e. The summed E-state index contributed by atoms with van der Waals surface area (Å²) in [5, 5.41) is 13.1. The van der Waals surface area contributed by atoms with Crippen molar-refractivity contribution < 1.29 is 9.84 Å². The summed E-state index contributed by atoms with van der Waals surface area (Å²) in [7, 11) is 1.65. The van der Waals surface area contributed by atoms with Crippen molar-refractivity contribution in [3.63, 3.8) is 0 Å². The van der Waals surface area contributed by atoms with Crippen molar-refractivity contribution in [3.05, 3.63) is 59.7 Å². The van der Waals surface area contributed by atoms with Gasteiger partial charge in [-0.15, -0.1) is 0 Å². The SMILES string of the molecule is COc1cccc(NC(CO)c2cccc(C3CC3)c2)c1. The van der Waals surface area contributed by atoms with Crippen LogP contribution in [0.4, 0.5) is 5.69 Å². The topological polar surface area (TPSA) is 41.5 Å². The van der Waals surface area contributed by atoms with Gasteiger partial charge in [0, 0.05) is 11.8 Å². The van der Waals surface area contributed by atoms with Crippen LogP contribution in [-0.2, 0) is 0 Å². The predicted molar refractivity (Wildman–Crippen MR) is 84.9 cm³/mol. The summed E-state index contributed by atoms with van der Waals surface area (Å²) in [5.74, 6) is 1.53. The molecule has 21 heavy (non-hydrogen) atoms. The maximum Gasteiger partial charge on any atom is 0.120 e. The van der Waals surface area contributed by atoms with E-state index in [1.807, 2.05) is 24.3 Å². The van der Waals surface area contributed by atoms with Crippen LogP contribution in [0.3, 0.4) is 0 Å². The summed E-state index contributed by atoms with van der Waals surface area (Å²) in [6, 6.07) is 16.2. The molecule has 1 aliphatic carbocycles. The molecule has 1 fully saturated rings. The van der Waals surface area contributed by atoms with Gasteiger partial charge in [0.25, 0.3) is 0 Å². The first-order valence-electron chi connectivity index (χ1n) is 7.41. The molecule has 0 bridgehead atoms. The van der Waals surface area contributed by atoms with Crippen LogP contribution >= 0.6 is 0 Å². The predicted octanol–water partition coefficient (Wildman–Crippen LogP) is 3.72. The Morgan fingerprint density at radius 1 is 1.19 bits per heavy atom. The maximum atomic E-state index is 9.72. The first kappa shape index (κ1) is 14.0. The molecule has 2 aromatic carbocycles. The molecule has 2 aromatic rings. The van der Waals surface area contributed by atoms with E-state index in [9.17, 15) is 5.11 Å². The summed E-state index contributed by atoms with van der Waals surface area (Å²) in [4.78, 5) is 0. The molecule has 0 saturated heterocycles. The lowest BCUT2D eigenvalue weighted by atomic mass is 10.0. The van der Waals surface area contributed by atoms with Crippen LogP contribution in [-0.4, -0.2) is 18.8 Å². The van der Waals surface area contributed by atoms with Gasteiger partial charge in [-0.05, 0) is 42.0 Å². The number of methoxy groups -OCH3 is 1.